The Labute approximate surface area is 92.5 Å². The normalized spacial score (nSPS) is 10.8. The zero-order chi connectivity index (χ0) is 10.3. The molecule has 0 atom stereocenters. The average Bonchev–Trinajstić information content (AvgIpc) is 2.10. The molecule has 6 heteroatoms. The van der Waals surface area contributed by atoms with Crippen molar-refractivity contribution in [2.45, 2.75) is 6.92 Å². The van der Waals surface area contributed by atoms with Crippen molar-refractivity contribution >= 4 is 38.4 Å². The Balaban J connectivity index is 3.03. The van der Waals surface area contributed by atoms with Crippen molar-refractivity contribution in [2.24, 2.45) is 0 Å². The predicted octanol–water partition coefficient (Wildman–Crippen LogP) is 2.04. The third-order valence-electron chi connectivity index (χ3n) is 1.77. The van der Waals surface area contributed by atoms with Gasteiger partial charge >= 0.3 is 0 Å². The molecule has 2 rings (SSSR count). The molecule has 4 nitrogen and oxygen atoms in total. The van der Waals surface area contributed by atoms with E-state index < -0.39 is 0 Å². The first-order valence-electron chi connectivity index (χ1n) is 3.80. The van der Waals surface area contributed by atoms with E-state index in [1.54, 1.807) is 6.92 Å². The van der Waals surface area contributed by atoms with Gasteiger partial charge in [0.2, 0.25) is 0 Å². The van der Waals surface area contributed by atoms with Gasteiger partial charge < -0.3 is 4.98 Å². The summed E-state index contributed by atoms with van der Waals surface area (Å²) in [5, 5.41) is 0.684. The molecule has 0 aromatic carbocycles. The number of H-pyrrole nitrogens is 1. The Morgan fingerprint density at radius 1 is 1.57 bits per heavy atom. The molecule has 72 valence electrons. The molecular formula is C8H5BrClN3O. The third-order valence-corrected chi connectivity index (χ3v) is 3.05. The van der Waals surface area contributed by atoms with Gasteiger partial charge in [-0.05, 0) is 22.9 Å². The molecule has 0 spiro atoms. The first kappa shape index (κ1) is 9.61. The lowest BCUT2D eigenvalue weighted by atomic mass is 10.3. The quantitative estimate of drug-likeness (QED) is 0.748. The fourth-order valence-electron chi connectivity index (χ4n) is 1.19. The number of nitrogens with zero attached hydrogens (tertiary/aromatic N) is 2. The van der Waals surface area contributed by atoms with E-state index >= 15 is 0 Å². The molecule has 2 aromatic heterocycles. The standard InChI is InChI=1S/C8H5BrClN3O/c1-3-12-4-2-11-7(10)6(9)5(4)8(14)13-3/h2H,1H3,(H,12,13,14). The van der Waals surface area contributed by atoms with Crippen molar-refractivity contribution in [2.75, 3.05) is 0 Å². The van der Waals surface area contributed by atoms with E-state index in [1.807, 2.05) is 0 Å². The van der Waals surface area contributed by atoms with Crippen LogP contribution in [0.2, 0.25) is 5.15 Å². The van der Waals surface area contributed by atoms with Crippen LogP contribution in [-0.4, -0.2) is 15.0 Å². The Kier molecular flexibility index (Phi) is 2.28. The second kappa shape index (κ2) is 3.33. The summed E-state index contributed by atoms with van der Waals surface area (Å²) in [5.41, 5.74) is 0.311. The number of halogens is 2. The van der Waals surface area contributed by atoms with Gasteiger partial charge in [-0.2, -0.15) is 0 Å². The van der Waals surface area contributed by atoms with E-state index in [9.17, 15) is 4.79 Å². The lowest BCUT2D eigenvalue weighted by Gasteiger charge is -2.01. The highest BCUT2D eigenvalue weighted by Gasteiger charge is 2.09. The molecule has 0 unspecified atom stereocenters. The summed E-state index contributed by atoms with van der Waals surface area (Å²) in [6.45, 7) is 1.71. The van der Waals surface area contributed by atoms with Crippen molar-refractivity contribution in [3.8, 4) is 0 Å². The minimum atomic E-state index is -0.219. The second-order valence-electron chi connectivity index (χ2n) is 2.77. The van der Waals surface area contributed by atoms with Crippen LogP contribution in [0.15, 0.2) is 15.5 Å². The summed E-state index contributed by atoms with van der Waals surface area (Å²) < 4.78 is 0.477. The molecule has 0 aliphatic carbocycles. The Morgan fingerprint density at radius 3 is 3.00 bits per heavy atom. The molecule has 0 saturated heterocycles. The number of rotatable bonds is 0. The van der Waals surface area contributed by atoms with Gasteiger partial charge in [0.15, 0.2) is 0 Å². The minimum Gasteiger partial charge on any atom is -0.310 e. The third kappa shape index (κ3) is 1.42. The molecular weight excluding hydrogens is 269 g/mol. The average molecular weight is 275 g/mol. The number of pyridine rings is 1. The van der Waals surface area contributed by atoms with E-state index in [2.05, 4.69) is 30.9 Å². The summed E-state index contributed by atoms with van der Waals surface area (Å²) in [6.07, 6.45) is 1.48. The maximum atomic E-state index is 11.6. The highest BCUT2D eigenvalue weighted by Crippen LogP contribution is 2.25. The van der Waals surface area contributed by atoms with Crippen LogP contribution >= 0.6 is 27.5 Å². The molecule has 0 amide bonds. The monoisotopic (exact) mass is 273 g/mol. The van der Waals surface area contributed by atoms with Gasteiger partial charge in [-0.1, -0.05) is 11.6 Å². The lowest BCUT2D eigenvalue weighted by molar-refractivity contribution is 1.05. The van der Waals surface area contributed by atoms with Gasteiger partial charge in [0.25, 0.3) is 5.56 Å². The summed E-state index contributed by atoms with van der Waals surface area (Å²) in [5.74, 6) is 0.554. The second-order valence-corrected chi connectivity index (χ2v) is 3.93. The number of hydrogen-bond acceptors (Lipinski definition) is 3. The number of aryl methyl sites for hydroxylation is 1. The van der Waals surface area contributed by atoms with Gasteiger partial charge in [0.05, 0.1) is 21.6 Å². The van der Waals surface area contributed by atoms with Crippen molar-refractivity contribution in [3.63, 3.8) is 0 Å². The number of aromatic amines is 1. The smallest absolute Gasteiger partial charge is 0.260 e. The predicted molar refractivity (Wildman–Crippen MR) is 57.6 cm³/mol. The zero-order valence-corrected chi connectivity index (χ0v) is 9.48. The molecule has 0 saturated carbocycles. The number of aromatic nitrogens is 3. The van der Waals surface area contributed by atoms with Gasteiger partial charge in [-0.15, -0.1) is 0 Å². The van der Waals surface area contributed by atoms with Crippen molar-refractivity contribution in [1.29, 1.82) is 0 Å². The van der Waals surface area contributed by atoms with Crippen LogP contribution in [0, 0.1) is 6.92 Å². The van der Waals surface area contributed by atoms with Crippen LogP contribution in [0.25, 0.3) is 10.9 Å². The SMILES string of the molecule is Cc1nc2cnc(Cl)c(Br)c2c(=O)[nH]1. The largest absolute Gasteiger partial charge is 0.310 e. The van der Waals surface area contributed by atoms with Gasteiger partial charge in [0.1, 0.15) is 11.0 Å². The molecule has 0 aliphatic rings. The Bertz CT molecular complexity index is 566. The zero-order valence-electron chi connectivity index (χ0n) is 7.14. The summed E-state index contributed by atoms with van der Waals surface area (Å²) >= 11 is 8.96. The van der Waals surface area contributed by atoms with Gasteiger partial charge in [-0.3, -0.25) is 4.79 Å². The van der Waals surface area contributed by atoms with E-state index in [0.717, 1.165) is 0 Å². The first-order valence-corrected chi connectivity index (χ1v) is 4.97. The maximum absolute atomic E-state index is 11.6. The lowest BCUT2D eigenvalue weighted by Crippen LogP contribution is -2.10. The van der Waals surface area contributed by atoms with Crippen molar-refractivity contribution in [3.05, 3.63) is 32.0 Å². The fraction of sp³-hybridized carbons (Fsp3) is 0.125. The van der Waals surface area contributed by atoms with E-state index in [-0.39, 0.29) is 10.7 Å². The van der Waals surface area contributed by atoms with Crippen LogP contribution < -0.4 is 5.56 Å². The molecule has 0 aliphatic heterocycles. The molecule has 2 heterocycles. The topological polar surface area (TPSA) is 58.6 Å². The summed E-state index contributed by atoms with van der Waals surface area (Å²) in [7, 11) is 0. The van der Waals surface area contributed by atoms with Crippen LogP contribution in [0.5, 0.6) is 0 Å². The number of fused-ring (bicyclic) bond motifs is 1. The molecule has 1 N–H and O–H groups in total. The molecule has 14 heavy (non-hydrogen) atoms. The molecule has 2 aromatic rings. The highest BCUT2D eigenvalue weighted by molar-refractivity contribution is 9.10. The van der Waals surface area contributed by atoms with Crippen LogP contribution in [0.3, 0.4) is 0 Å². The summed E-state index contributed by atoms with van der Waals surface area (Å²) in [4.78, 5) is 22.2. The Morgan fingerprint density at radius 2 is 2.29 bits per heavy atom. The van der Waals surface area contributed by atoms with Crippen LogP contribution in [0.4, 0.5) is 0 Å². The van der Waals surface area contributed by atoms with Crippen molar-refractivity contribution in [1.82, 2.24) is 15.0 Å². The van der Waals surface area contributed by atoms with Crippen LogP contribution in [-0.2, 0) is 0 Å². The minimum absolute atomic E-state index is 0.219. The number of nitrogens with one attached hydrogen (secondary N) is 1. The van der Waals surface area contributed by atoms with Crippen LogP contribution in [0.1, 0.15) is 5.82 Å². The molecule has 0 fully saturated rings. The first-order chi connectivity index (χ1) is 6.59. The Hall–Kier alpha value is -0.940. The molecule has 0 bridgehead atoms. The van der Waals surface area contributed by atoms with Crippen molar-refractivity contribution < 1.29 is 0 Å². The highest BCUT2D eigenvalue weighted by atomic mass is 79.9. The van der Waals surface area contributed by atoms with E-state index in [1.165, 1.54) is 6.20 Å². The van der Waals surface area contributed by atoms with E-state index in [4.69, 9.17) is 11.6 Å². The van der Waals surface area contributed by atoms with E-state index in [0.29, 0.717) is 21.2 Å². The number of hydrogen-bond donors (Lipinski definition) is 1. The molecule has 0 radical (unpaired) electrons. The fourth-order valence-corrected chi connectivity index (χ4v) is 1.82. The van der Waals surface area contributed by atoms with Gasteiger partial charge in [-0.25, -0.2) is 9.97 Å². The maximum Gasteiger partial charge on any atom is 0.260 e. The van der Waals surface area contributed by atoms with Gasteiger partial charge in [0, 0.05) is 0 Å². The summed E-state index contributed by atoms with van der Waals surface area (Å²) in [6, 6.07) is 0.